The number of aryl methyl sites for hydroxylation is 1. The summed E-state index contributed by atoms with van der Waals surface area (Å²) in [5.74, 6) is 1.46. The first kappa shape index (κ1) is 16.7. The minimum absolute atomic E-state index is 0.267. The molecule has 2 aromatic carbocycles. The SMILES string of the molecule is COc1ccccc1NC(=O)C(C)Oc1ccc(C)cc1OC. The molecule has 0 aliphatic carbocycles. The lowest BCUT2D eigenvalue weighted by Gasteiger charge is -2.17. The Balaban J connectivity index is 2.08. The quantitative estimate of drug-likeness (QED) is 0.887. The van der Waals surface area contributed by atoms with Crippen molar-refractivity contribution in [1.29, 1.82) is 0 Å². The van der Waals surface area contributed by atoms with Crippen LogP contribution >= 0.6 is 0 Å². The van der Waals surface area contributed by atoms with E-state index in [1.165, 1.54) is 0 Å². The molecule has 0 aliphatic heterocycles. The van der Waals surface area contributed by atoms with Crippen molar-refractivity contribution in [2.45, 2.75) is 20.0 Å². The summed E-state index contributed by atoms with van der Waals surface area (Å²) in [6.45, 7) is 3.65. The highest BCUT2D eigenvalue weighted by molar-refractivity contribution is 5.95. The summed E-state index contributed by atoms with van der Waals surface area (Å²) >= 11 is 0. The predicted molar refractivity (Wildman–Crippen MR) is 89.4 cm³/mol. The summed E-state index contributed by atoms with van der Waals surface area (Å²) in [7, 11) is 3.13. The number of ether oxygens (including phenoxy) is 3. The van der Waals surface area contributed by atoms with Crippen LogP contribution in [0.2, 0.25) is 0 Å². The van der Waals surface area contributed by atoms with Gasteiger partial charge in [0.05, 0.1) is 19.9 Å². The van der Waals surface area contributed by atoms with Gasteiger partial charge in [0.15, 0.2) is 17.6 Å². The monoisotopic (exact) mass is 315 g/mol. The molecule has 1 amide bonds. The highest BCUT2D eigenvalue weighted by atomic mass is 16.5. The van der Waals surface area contributed by atoms with E-state index in [2.05, 4.69) is 5.32 Å². The Morgan fingerprint density at radius 3 is 2.39 bits per heavy atom. The van der Waals surface area contributed by atoms with Crippen LogP contribution in [-0.4, -0.2) is 26.2 Å². The van der Waals surface area contributed by atoms with Gasteiger partial charge >= 0.3 is 0 Å². The number of carbonyl (C=O) groups excluding carboxylic acids is 1. The molecule has 122 valence electrons. The zero-order valence-corrected chi connectivity index (χ0v) is 13.8. The average molecular weight is 315 g/mol. The van der Waals surface area contributed by atoms with E-state index >= 15 is 0 Å². The minimum atomic E-state index is -0.684. The van der Waals surface area contributed by atoms with Gasteiger partial charge in [0, 0.05) is 0 Å². The first-order chi connectivity index (χ1) is 11.0. The van der Waals surface area contributed by atoms with E-state index in [0.29, 0.717) is 22.9 Å². The van der Waals surface area contributed by atoms with Crippen molar-refractivity contribution >= 4 is 11.6 Å². The van der Waals surface area contributed by atoms with Gasteiger partial charge in [-0.1, -0.05) is 18.2 Å². The Bertz CT molecular complexity index is 684. The second-order valence-electron chi connectivity index (χ2n) is 5.10. The largest absolute Gasteiger partial charge is 0.495 e. The maximum Gasteiger partial charge on any atom is 0.265 e. The van der Waals surface area contributed by atoms with Crippen LogP contribution < -0.4 is 19.5 Å². The van der Waals surface area contributed by atoms with Crippen molar-refractivity contribution in [3.05, 3.63) is 48.0 Å². The van der Waals surface area contributed by atoms with Crippen LogP contribution in [0.25, 0.3) is 0 Å². The van der Waals surface area contributed by atoms with E-state index in [1.807, 2.05) is 31.2 Å². The van der Waals surface area contributed by atoms with Crippen molar-refractivity contribution < 1.29 is 19.0 Å². The second kappa shape index (κ2) is 7.54. The number of amides is 1. The number of rotatable bonds is 6. The Labute approximate surface area is 136 Å². The Morgan fingerprint density at radius 2 is 1.70 bits per heavy atom. The van der Waals surface area contributed by atoms with E-state index in [4.69, 9.17) is 14.2 Å². The number of anilines is 1. The number of benzene rings is 2. The fourth-order valence-electron chi connectivity index (χ4n) is 2.10. The van der Waals surface area contributed by atoms with Crippen LogP contribution in [-0.2, 0) is 4.79 Å². The molecule has 1 unspecified atom stereocenters. The van der Waals surface area contributed by atoms with Crippen LogP contribution in [0.15, 0.2) is 42.5 Å². The van der Waals surface area contributed by atoms with Crippen LogP contribution in [0, 0.1) is 6.92 Å². The Hall–Kier alpha value is -2.69. The molecule has 23 heavy (non-hydrogen) atoms. The molecule has 0 saturated carbocycles. The Kier molecular flexibility index (Phi) is 5.46. The maximum atomic E-state index is 12.3. The second-order valence-corrected chi connectivity index (χ2v) is 5.10. The molecule has 0 spiro atoms. The lowest BCUT2D eigenvalue weighted by molar-refractivity contribution is -0.122. The molecule has 0 bridgehead atoms. The fourth-order valence-corrected chi connectivity index (χ4v) is 2.10. The molecule has 0 fully saturated rings. The fraction of sp³-hybridized carbons (Fsp3) is 0.278. The highest BCUT2D eigenvalue weighted by Crippen LogP contribution is 2.29. The predicted octanol–water partition coefficient (Wildman–Crippen LogP) is 3.42. The smallest absolute Gasteiger partial charge is 0.265 e. The normalized spacial score (nSPS) is 11.5. The number of hydrogen-bond donors (Lipinski definition) is 1. The molecule has 5 nitrogen and oxygen atoms in total. The third-order valence-electron chi connectivity index (χ3n) is 3.36. The topological polar surface area (TPSA) is 56.8 Å². The third kappa shape index (κ3) is 4.16. The van der Waals surface area contributed by atoms with Crippen molar-refractivity contribution in [1.82, 2.24) is 0 Å². The molecule has 5 heteroatoms. The standard InChI is InChI=1S/C18H21NO4/c1-12-9-10-16(17(11-12)22-4)23-13(2)18(20)19-14-7-5-6-8-15(14)21-3/h5-11,13H,1-4H3,(H,19,20). The van der Waals surface area contributed by atoms with Crippen LogP contribution in [0.4, 0.5) is 5.69 Å². The van der Waals surface area contributed by atoms with E-state index in [1.54, 1.807) is 39.3 Å². The lowest BCUT2D eigenvalue weighted by atomic mass is 10.2. The number of para-hydroxylation sites is 2. The van der Waals surface area contributed by atoms with Crippen molar-refractivity contribution in [3.63, 3.8) is 0 Å². The van der Waals surface area contributed by atoms with Gasteiger partial charge < -0.3 is 19.5 Å². The molecule has 0 radical (unpaired) electrons. The zero-order chi connectivity index (χ0) is 16.8. The number of hydrogen-bond acceptors (Lipinski definition) is 4. The molecule has 1 N–H and O–H groups in total. The van der Waals surface area contributed by atoms with Gasteiger partial charge in [-0.2, -0.15) is 0 Å². The highest BCUT2D eigenvalue weighted by Gasteiger charge is 2.18. The average Bonchev–Trinajstić information content (AvgIpc) is 2.56. The molecular formula is C18H21NO4. The number of carbonyl (C=O) groups is 1. The van der Waals surface area contributed by atoms with E-state index in [0.717, 1.165) is 5.56 Å². The summed E-state index contributed by atoms with van der Waals surface area (Å²) in [5.41, 5.74) is 1.66. The molecular weight excluding hydrogens is 294 g/mol. The van der Waals surface area contributed by atoms with Crippen molar-refractivity contribution in [2.75, 3.05) is 19.5 Å². The first-order valence-corrected chi connectivity index (χ1v) is 7.30. The van der Waals surface area contributed by atoms with E-state index in [9.17, 15) is 4.79 Å². The van der Waals surface area contributed by atoms with Crippen molar-refractivity contribution in [3.8, 4) is 17.2 Å². The van der Waals surface area contributed by atoms with Gasteiger partial charge in [-0.3, -0.25) is 4.79 Å². The molecule has 0 aliphatic rings. The molecule has 0 aromatic heterocycles. The van der Waals surface area contributed by atoms with Gasteiger partial charge in [0.25, 0.3) is 5.91 Å². The third-order valence-corrected chi connectivity index (χ3v) is 3.36. The summed E-state index contributed by atoms with van der Waals surface area (Å²) in [5, 5.41) is 2.80. The van der Waals surface area contributed by atoms with Crippen LogP contribution in [0.3, 0.4) is 0 Å². The molecule has 2 rings (SSSR count). The first-order valence-electron chi connectivity index (χ1n) is 7.30. The van der Waals surface area contributed by atoms with E-state index in [-0.39, 0.29) is 5.91 Å². The van der Waals surface area contributed by atoms with E-state index < -0.39 is 6.10 Å². The maximum absolute atomic E-state index is 12.3. The summed E-state index contributed by atoms with van der Waals surface area (Å²) < 4.78 is 16.2. The molecule has 2 aromatic rings. The number of nitrogens with one attached hydrogen (secondary N) is 1. The molecule has 1 atom stereocenters. The minimum Gasteiger partial charge on any atom is -0.495 e. The van der Waals surface area contributed by atoms with Gasteiger partial charge in [0.2, 0.25) is 0 Å². The summed E-state index contributed by atoms with van der Waals surface area (Å²) in [6, 6.07) is 12.8. The van der Waals surface area contributed by atoms with Crippen LogP contribution in [0.1, 0.15) is 12.5 Å². The molecule has 0 saturated heterocycles. The summed E-state index contributed by atoms with van der Waals surface area (Å²) in [4.78, 5) is 12.3. The Morgan fingerprint density at radius 1 is 1.00 bits per heavy atom. The summed E-state index contributed by atoms with van der Waals surface area (Å²) in [6.07, 6.45) is -0.684. The molecule has 0 heterocycles. The van der Waals surface area contributed by atoms with Gasteiger partial charge in [0.1, 0.15) is 5.75 Å². The number of methoxy groups -OCH3 is 2. The van der Waals surface area contributed by atoms with Gasteiger partial charge in [-0.05, 0) is 43.7 Å². The van der Waals surface area contributed by atoms with Gasteiger partial charge in [-0.15, -0.1) is 0 Å². The van der Waals surface area contributed by atoms with Gasteiger partial charge in [-0.25, -0.2) is 0 Å². The van der Waals surface area contributed by atoms with Crippen LogP contribution in [0.5, 0.6) is 17.2 Å². The van der Waals surface area contributed by atoms with Crippen molar-refractivity contribution in [2.24, 2.45) is 0 Å². The lowest BCUT2D eigenvalue weighted by Crippen LogP contribution is -2.30. The zero-order valence-electron chi connectivity index (χ0n) is 13.8.